The van der Waals surface area contributed by atoms with Crippen molar-refractivity contribution in [3.63, 3.8) is 0 Å². The summed E-state index contributed by atoms with van der Waals surface area (Å²) in [5.41, 5.74) is 0.402. The van der Waals surface area contributed by atoms with Gasteiger partial charge in [0, 0.05) is 0 Å². The molecule has 10 heavy (non-hydrogen) atoms. The molecule has 0 heterocycles. The Balaban J connectivity index is 2.10. The highest BCUT2D eigenvalue weighted by Crippen LogP contribution is 2.54. The summed E-state index contributed by atoms with van der Waals surface area (Å²) < 4.78 is 0. The van der Waals surface area contributed by atoms with Crippen molar-refractivity contribution in [2.75, 3.05) is 0 Å². The Bertz CT molecular complexity index is 138. The summed E-state index contributed by atoms with van der Waals surface area (Å²) in [7, 11) is 0. The van der Waals surface area contributed by atoms with Crippen LogP contribution in [0.1, 0.15) is 39.0 Å². The van der Waals surface area contributed by atoms with E-state index in [0.29, 0.717) is 11.3 Å². The first-order valence-electron chi connectivity index (χ1n) is 4.43. The van der Waals surface area contributed by atoms with Crippen LogP contribution in [0.2, 0.25) is 0 Å². The molecule has 1 N–H and O–H groups in total. The molecule has 0 radical (unpaired) electrons. The van der Waals surface area contributed by atoms with E-state index >= 15 is 0 Å². The van der Waals surface area contributed by atoms with Crippen molar-refractivity contribution in [3.05, 3.63) is 0 Å². The van der Waals surface area contributed by atoms with Crippen LogP contribution in [0.4, 0.5) is 0 Å². The fourth-order valence-corrected chi connectivity index (χ4v) is 2.60. The van der Waals surface area contributed by atoms with Gasteiger partial charge in [0.25, 0.3) is 0 Å². The van der Waals surface area contributed by atoms with Crippen LogP contribution in [-0.2, 0) is 0 Å². The summed E-state index contributed by atoms with van der Waals surface area (Å²) in [6.07, 6.45) is 6.50. The Hall–Kier alpha value is -0.0400. The zero-order valence-corrected chi connectivity index (χ0v) is 6.64. The van der Waals surface area contributed by atoms with Crippen LogP contribution in [0.5, 0.6) is 0 Å². The summed E-state index contributed by atoms with van der Waals surface area (Å²) in [5, 5.41) is 9.77. The lowest BCUT2D eigenvalue weighted by Gasteiger charge is -2.42. The second-order valence-electron chi connectivity index (χ2n) is 4.18. The Morgan fingerprint density at radius 1 is 1.30 bits per heavy atom. The largest absolute Gasteiger partial charge is 0.392 e. The molecule has 0 aromatic carbocycles. The van der Waals surface area contributed by atoms with Crippen molar-refractivity contribution in [1.82, 2.24) is 0 Å². The van der Waals surface area contributed by atoms with Crippen LogP contribution in [0.25, 0.3) is 0 Å². The van der Waals surface area contributed by atoms with Gasteiger partial charge in [0.1, 0.15) is 0 Å². The van der Waals surface area contributed by atoms with E-state index in [-0.39, 0.29) is 6.10 Å². The van der Waals surface area contributed by atoms with Crippen molar-refractivity contribution < 1.29 is 5.11 Å². The molecular formula is C9H16O. The van der Waals surface area contributed by atoms with Crippen molar-refractivity contribution in [2.45, 2.75) is 45.1 Å². The average Bonchev–Trinajstić information content (AvgIpc) is 2.10. The van der Waals surface area contributed by atoms with Gasteiger partial charge in [0.2, 0.25) is 0 Å². The predicted octanol–water partition coefficient (Wildman–Crippen LogP) is 1.95. The molecule has 2 saturated carbocycles. The smallest absolute Gasteiger partial charge is 0.0621 e. The predicted molar refractivity (Wildman–Crippen MR) is 40.7 cm³/mol. The van der Waals surface area contributed by atoms with Gasteiger partial charge in [-0.15, -0.1) is 0 Å². The van der Waals surface area contributed by atoms with Gasteiger partial charge in [-0.05, 0) is 37.0 Å². The van der Waals surface area contributed by atoms with Gasteiger partial charge in [-0.3, -0.25) is 0 Å². The van der Waals surface area contributed by atoms with Crippen molar-refractivity contribution in [3.8, 4) is 0 Å². The van der Waals surface area contributed by atoms with Gasteiger partial charge in [0.05, 0.1) is 6.10 Å². The number of hydrogen-bond acceptors (Lipinski definition) is 1. The molecule has 0 aromatic rings. The lowest BCUT2D eigenvalue weighted by molar-refractivity contribution is -0.0252. The number of rotatable bonds is 0. The minimum Gasteiger partial charge on any atom is -0.392 e. The molecule has 1 nitrogen and oxygen atoms in total. The van der Waals surface area contributed by atoms with Crippen LogP contribution in [0, 0.1) is 11.3 Å². The topological polar surface area (TPSA) is 20.2 Å². The minimum atomic E-state index is 0.0289. The molecule has 2 fully saturated rings. The van der Waals surface area contributed by atoms with Crippen molar-refractivity contribution >= 4 is 0 Å². The molecular weight excluding hydrogens is 124 g/mol. The molecule has 0 unspecified atom stereocenters. The number of hydrogen-bond donors (Lipinski definition) is 1. The van der Waals surface area contributed by atoms with Gasteiger partial charge in [-0.1, -0.05) is 13.3 Å². The first-order chi connectivity index (χ1) is 4.75. The zero-order valence-electron chi connectivity index (χ0n) is 6.64. The van der Waals surface area contributed by atoms with E-state index in [4.69, 9.17) is 0 Å². The van der Waals surface area contributed by atoms with E-state index in [9.17, 15) is 5.11 Å². The third-order valence-electron chi connectivity index (χ3n) is 3.61. The van der Waals surface area contributed by atoms with Crippen LogP contribution in [0.3, 0.4) is 0 Å². The Morgan fingerprint density at radius 2 is 2.00 bits per heavy atom. The normalized spacial score (nSPS) is 43.8. The number of aliphatic hydroxyl groups is 1. The summed E-state index contributed by atoms with van der Waals surface area (Å²) in [5.74, 6) is 0.570. The lowest BCUT2D eigenvalue weighted by Crippen LogP contribution is -2.38. The van der Waals surface area contributed by atoms with E-state index in [0.717, 1.165) is 0 Å². The van der Waals surface area contributed by atoms with Gasteiger partial charge >= 0.3 is 0 Å². The van der Waals surface area contributed by atoms with E-state index in [2.05, 4.69) is 6.92 Å². The van der Waals surface area contributed by atoms with Gasteiger partial charge in [-0.25, -0.2) is 0 Å². The fraction of sp³-hybridized carbons (Fsp3) is 1.00. The van der Waals surface area contributed by atoms with Gasteiger partial charge in [-0.2, -0.15) is 0 Å². The van der Waals surface area contributed by atoms with Gasteiger partial charge < -0.3 is 5.11 Å². The molecule has 0 amide bonds. The fourth-order valence-electron chi connectivity index (χ4n) is 2.60. The third kappa shape index (κ3) is 0.672. The molecule has 1 spiro atoms. The third-order valence-corrected chi connectivity index (χ3v) is 3.61. The summed E-state index contributed by atoms with van der Waals surface area (Å²) in [6, 6.07) is 0. The molecule has 1 heteroatoms. The quantitative estimate of drug-likeness (QED) is 0.545. The highest BCUT2D eigenvalue weighted by Gasteiger charge is 2.49. The second kappa shape index (κ2) is 1.97. The first kappa shape index (κ1) is 6.66. The maximum Gasteiger partial charge on any atom is 0.0621 e. The highest BCUT2D eigenvalue weighted by molar-refractivity contribution is 5.00. The first-order valence-corrected chi connectivity index (χ1v) is 4.43. The molecule has 2 aliphatic rings. The van der Waals surface area contributed by atoms with E-state index < -0.39 is 0 Å². The van der Waals surface area contributed by atoms with Crippen LogP contribution in [0.15, 0.2) is 0 Å². The van der Waals surface area contributed by atoms with E-state index in [1.54, 1.807) is 0 Å². The minimum absolute atomic E-state index is 0.0289. The van der Waals surface area contributed by atoms with E-state index in [1.807, 2.05) is 0 Å². The maximum absolute atomic E-state index is 9.77. The molecule has 0 aliphatic heterocycles. The molecule has 0 bridgehead atoms. The molecule has 2 rings (SSSR count). The molecule has 0 aromatic heterocycles. The Labute approximate surface area is 62.4 Å². The van der Waals surface area contributed by atoms with E-state index in [1.165, 1.54) is 32.1 Å². The molecule has 0 saturated heterocycles. The molecule has 2 aliphatic carbocycles. The Morgan fingerprint density at radius 3 is 2.20 bits per heavy atom. The monoisotopic (exact) mass is 140 g/mol. The summed E-state index contributed by atoms with van der Waals surface area (Å²) in [6.45, 7) is 2.18. The van der Waals surface area contributed by atoms with Crippen LogP contribution >= 0.6 is 0 Å². The summed E-state index contributed by atoms with van der Waals surface area (Å²) >= 11 is 0. The maximum atomic E-state index is 9.77. The lowest BCUT2D eigenvalue weighted by atomic mass is 9.66. The van der Waals surface area contributed by atoms with Crippen LogP contribution in [-0.4, -0.2) is 11.2 Å². The van der Waals surface area contributed by atoms with Crippen molar-refractivity contribution in [2.24, 2.45) is 11.3 Å². The Kier molecular flexibility index (Phi) is 1.31. The highest BCUT2D eigenvalue weighted by atomic mass is 16.3. The SMILES string of the molecule is C[C@@H]1CCC2(CCC2)[C@@H]1O. The summed E-state index contributed by atoms with van der Waals surface area (Å²) in [4.78, 5) is 0. The average molecular weight is 140 g/mol. The molecule has 58 valence electrons. The standard InChI is InChI=1S/C9H16O/c1-7-3-6-9(8(7)10)4-2-5-9/h7-8,10H,2-6H2,1H3/t7-,8-/m1/s1. The second-order valence-corrected chi connectivity index (χ2v) is 4.18. The van der Waals surface area contributed by atoms with Gasteiger partial charge in [0.15, 0.2) is 0 Å². The number of aliphatic hydroxyl groups excluding tert-OH is 1. The van der Waals surface area contributed by atoms with Crippen molar-refractivity contribution in [1.29, 1.82) is 0 Å². The zero-order chi connectivity index (χ0) is 7.19. The molecule has 2 atom stereocenters. The van der Waals surface area contributed by atoms with Crippen LogP contribution < -0.4 is 0 Å².